The molecule has 4 nitrogen and oxygen atoms in total. The Morgan fingerprint density at radius 3 is 2.65 bits per heavy atom. The fourth-order valence-corrected chi connectivity index (χ4v) is 2.03. The molecule has 98 valence electrons. The summed E-state index contributed by atoms with van der Waals surface area (Å²) in [5.41, 5.74) is 1.21. The molecule has 0 aliphatic rings. The molecule has 0 spiro atoms. The van der Waals surface area contributed by atoms with Gasteiger partial charge in [-0.2, -0.15) is 5.10 Å². The lowest BCUT2D eigenvalue weighted by Gasteiger charge is -2.26. The highest BCUT2D eigenvalue weighted by Crippen LogP contribution is 2.21. The molecule has 4 heteroatoms. The molecule has 1 heterocycles. The fraction of sp³-hybridized carbons (Fsp3) is 0.769. The Kier molecular flexibility index (Phi) is 6.22. The molecule has 2 unspecified atom stereocenters. The van der Waals surface area contributed by atoms with Gasteiger partial charge >= 0.3 is 0 Å². The van der Waals surface area contributed by atoms with Crippen molar-refractivity contribution in [3.8, 4) is 0 Å². The molecule has 1 aromatic heterocycles. The molecule has 1 N–H and O–H groups in total. The van der Waals surface area contributed by atoms with Crippen molar-refractivity contribution in [2.75, 3.05) is 13.2 Å². The number of hydrogen-bond donors (Lipinski definition) is 1. The predicted octanol–water partition coefficient (Wildman–Crippen LogP) is 2.28. The van der Waals surface area contributed by atoms with Gasteiger partial charge in [0, 0.05) is 25.4 Å². The molecule has 0 saturated heterocycles. The number of nitrogens with zero attached hydrogens (tertiary/aromatic N) is 2. The first kappa shape index (κ1) is 14.2. The van der Waals surface area contributed by atoms with Crippen molar-refractivity contribution in [1.29, 1.82) is 0 Å². The van der Waals surface area contributed by atoms with E-state index in [1.54, 1.807) is 0 Å². The summed E-state index contributed by atoms with van der Waals surface area (Å²) in [5, 5.41) is 7.80. The number of hydrogen-bond acceptors (Lipinski definition) is 3. The zero-order valence-corrected chi connectivity index (χ0v) is 11.4. The monoisotopic (exact) mass is 239 g/mol. The fourth-order valence-electron chi connectivity index (χ4n) is 2.03. The minimum atomic E-state index is 0.218. The van der Waals surface area contributed by atoms with Crippen molar-refractivity contribution < 1.29 is 4.74 Å². The SMILES string of the molecule is CCCNC(c1cnn(C)c1)C(CC)OCC. The molecule has 0 aliphatic heterocycles. The third-order valence-corrected chi connectivity index (χ3v) is 2.85. The van der Waals surface area contributed by atoms with E-state index in [1.807, 2.05) is 24.9 Å². The van der Waals surface area contributed by atoms with Gasteiger partial charge in [-0.3, -0.25) is 4.68 Å². The Morgan fingerprint density at radius 2 is 2.18 bits per heavy atom. The van der Waals surface area contributed by atoms with Gasteiger partial charge in [0.05, 0.1) is 18.3 Å². The minimum absolute atomic E-state index is 0.218. The van der Waals surface area contributed by atoms with Gasteiger partial charge in [0.25, 0.3) is 0 Å². The van der Waals surface area contributed by atoms with E-state index in [1.165, 1.54) is 5.56 Å². The maximum atomic E-state index is 5.81. The average molecular weight is 239 g/mol. The lowest BCUT2D eigenvalue weighted by Crippen LogP contribution is -2.34. The molecule has 0 radical (unpaired) electrons. The summed E-state index contributed by atoms with van der Waals surface area (Å²) in [4.78, 5) is 0. The number of aryl methyl sites for hydroxylation is 1. The highest BCUT2D eigenvalue weighted by atomic mass is 16.5. The van der Waals surface area contributed by atoms with E-state index in [-0.39, 0.29) is 12.1 Å². The summed E-state index contributed by atoms with van der Waals surface area (Å²) in [6, 6.07) is 0.244. The Hall–Kier alpha value is -0.870. The van der Waals surface area contributed by atoms with E-state index < -0.39 is 0 Å². The van der Waals surface area contributed by atoms with Crippen LogP contribution in [0.5, 0.6) is 0 Å². The number of ether oxygens (including phenoxy) is 1. The normalized spacial score (nSPS) is 14.8. The molecule has 0 aliphatic carbocycles. The lowest BCUT2D eigenvalue weighted by molar-refractivity contribution is 0.0314. The second kappa shape index (κ2) is 7.45. The van der Waals surface area contributed by atoms with Crippen LogP contribution in [0, 0.1) is 0 Å². The van der Waals surface area contributed by atoms with E-state index in [0.29, 0.717) is 0 Å². The zero-order chi connectivity index (χ0) is 12.7. The van der Waals surface area contributed by atoms with Crippen molar-refractivity contribution in [3.05, 3.63) is 18.0 Å². The Balaban J connectivity index is 2.77. The van der Waals surface area contributed by atoms with Gasteiger partial charge in [-0.1, -0.05) is 13.8 Å². The molecule has 17 heavy (non-hydrogen) atoms. The van der Waals surface area contributed by atoms with Crippen LogP contribution in [0.3, 0.4) is 0 Å². The first-order valence-corrected chi connectivity index (χ1v) is 6.56. The summed E-state index contributed by atoms with van der Waals surface area (Å²) in [6.45, 7) is 8.14. The van der Waals surface area contributed by atoms with Gasteiger partial charge in [0.15, 0.2) is 0 Å². The van der Waals surface area contributed by atoms with E-state index in [2.05, 4.69) is 30.5 Å². The molecule has 0 bridgehead atoms. The molecule has 0 aromatic carbocycles. The molecule has 2 atom stereocenters. The van der Waals surface area contributed by atoms with Crippen LogP contribution < -0.4 is 5.32 Å². The summed E-state index contributed by atoms with van der Waals surface area (Å²) < 4.78 is 7.66. The Labute approximate surface area is 104 Å². The summed E-state index contributed by atoms with van der Waals surface area (Å²) >= 11 is 0. The van der Waals surface area contributed by atoms with Crippen LogP contribution in [0.1, 0.15) is 45.2 Å². The van der Waals surface area contributed by atoms with Crippen molar-refractivity contribution >= 4 is 0 Å². The quantitative estimate of drug-likeness (QED) is 0.756. The number of aromatic nitrogens is 2. The van der Waals surface area contributed by atoms with Gasteiger partial charge in [-0.15, -0.1) is 0 Å². The molecule has 0 fully saturated rings. The van der Waals surface area contributed by atoms with E-state index in [4.69, 9.17) is 4.74 Å². The number of nitrogens with one attached hydrogen (secondary N) is 1. The maximum Gasteiger partial charge on any atom is 0.0768 e. The average Bonchev–Trinajstić information content (AvgIpc) is 2.75. The van der Waals surface area contributed by atoms with Crippen LogP contribution in [0.4, 0.5) is 0 Å². The molecular weight excluding hydrogens is 214 g/mol. The number of rotatable bonds is 8. The summed E-state index contributed by atoms with van der Waals surface area (Å²) in [6.07, 6.45) is 6.34. The van der Waals surface area contributed by atoms with Gasteiger partial charge in [-0.05, 0) is 26.3 Å². The molecular formula is C13H25N3O. The van der Waals surface area contributed by atoms with Crippen LogP contribution >= 0.6 is 0 Å². The van der Waals surface area contributed by atoms with Crippen LogP contribution in [0.25, 0.3) is 0 Å². The minimum Gasteiger partial charge on any atom is -0.377 e. The second-order valence-corrected chi connectivity index (χ2v) is 4.28. The predicted molar refractivity (Wildman–Crippen MR) is 69.9 cm³/mol. The second-order valence-electron chi connectivity index (χ2n) is 4.28. The van der Waals surface area contributed by atoms with Gasteiger partial charge in [-0.25, -0.2) is 0 Å². The summed E-state index contributed by atoms with van der Waals surface area (Å²) in [7, 11) is 1.95. The third-order valence-electron chi connectivity index (χ3n) is 2.85. The first-order chi connectivity index (χ1) is 8.22. The maximum absolute atomic E-state index is 5.81. The third kappa shape index (κ3) is 4.13. The van der Waals surface area contributed by atoms with Crippen molar-refractivity contribution in [2.24, 2.45) is 7.05 Å². The Morgan fingerprint density at radius 1 is 1.41 bits per heavy atom. The zero-order valence-electron chi connectivity index (χ0n) is 11.4. The van der Waals surface area contributed by atoms with Crippen molar-refractivity contribution in [1.82, 2.24) is 15.1 Å². The standard InChI is InChI=1S/C13H25N3O/c1-5-8-14-13(12(6-2)17-7-3)11-9-15-16(4)10-11/h9-10,12-14H,5-8H2,1-4H3. The first-order valence-electron chi connectivity index (χ1n) is 6.56. The van der Waals surface area contributed by atoms with Crippen molar-refractivity contribution in [2.45, 2.75) is 45.8 Å². The van der Waals surface area contributed by atoms with Gasteiger partial charge < -0.3 is 10.1 Å². The Bertz CT molecular complexity index is 311. The summed E-state index contributed by atoms with van der Waals surface area (Å²) in [5.74, 6) is 0. The van der Waals surface area contributed by atoms with E-state index in [9.17, 15) is 0 Å². The van der Waals surface area contributed by atoms with Gasteiger partial charge in [0.2, 0.25) is 0 Å². The molecule has 0 saturated carbocycles. The molecule has 1 rings (SSSR count). The van der Waals surface area contributed by atoms with Crippen LogP contribution in [-0.2, 0) is 11.8 Å². The highest BCUT2D eigenvalue weighted by molar-refractivity contribution is 5.12. The smallest absolute Gasteiger partial charge is 0.0768 e. The highest BCUT2D eigenvalue weighted by Gasteiger charge is 2.22. The molecule has 0 amide bonds. The lowest BCUT2D eigenvalue weighted by atomic mass is 10.0. The molecule has 1 aromatic rings. The van der Waals surface area contributed by atoms with Gasteiger partial charge in [0.1, 0.15) is 0 Å². The largest absolute Gasteiger partial charge is 0.377 e. The van der Waals surface area contributed by atoms with E-state index >= 15 is 0 Å². The van der Waals surface area contributed by atoms with Crippen LogP contribution in [-0.4, -0.2) is 29.0 Å². The topological polar surface area (TPSA) is 39.1 Å². The van der Waals surface area contributed by atoms with Crippen LogP contribution in [0.2, 0.25) is 0 Å². The van der Waals surface area contributed by atoms with E-state index in [0.717, 1.165) is 26.0 Å². The van der Waals surface area contributed by atoms with Crippen molar-refractivity contribution in [3.63, 3.8) is 0 Å². The van der Waals surface area contributed by atoms with Crippen LogP contribution in [0.15, 0.2) is 12.4 Å².